The summed E-state index contributed by atoms with van der Waals surface area (Å²) >= 11 is 1.70. The number of carbonyl (C=O) groups is 2. The second-order valence-electron chi connectivity index (χ2n) is 8.51. The average Bonchev–Trinajstić information content (AvgIpc) is 3.16. The van der Waals surface area contributed by atoms with Crippen LogP contribution < -0.4 is 23.7 Å². The van der Waals surface area contributed by atoms with Crippen molar-refractivity contribution in [3.05, 3.63) is 41.0 Å². The van der Waals surface area contributed by atoms with E-state index in [1.54, 1.807) is 43.0 Å². The molecule has 4 rings (SSSR count). The van der Waals surface area contributed by atoms with Gasteiger partial charge in [-0.2, -0.15) is 0 Å². The van der Waals surface area contributed by atoms with Crippen molar-refractivity contribution >= 4 is 29.7 Å². The molecule has 0 spiro atoms. The molecule has 0 aromatic heterocycles. The van der Waals surface area contributed by atoms with Gasteiger partial charge >= 0.3 is 0 Å². The fraction of sp³-hybridized carbons (Fsp3) is 0.407. The minimum atomic E-state index is -0.147. The smallest absolute Gasteiger partial charge is 0.254 e. The van der Waals surface area contributed by atoms with Crippen LogP contribution in [-0.2, 0) is 4.79 Å². The third kappa shape index (κ3) is 5.44. The predicted molar refractivity (Wildman–Crippen MR) is 141 cm³/mol. The lowest BCUT2D eigenvalue weighted by molar-refractivity contribution is -0.128. The van der Waals surface area contributed by atoms with Crippen molar-refractivity contribution in [1.82, 2.24) is 9.80 Å². The maximum atomic E-state index is 13.4. The quantitative estimate of drug-likeness (QED) is 0.539. The highest BCUT2D eigenvalue weighted by molar-refractivity contribution is 7.99. The number of carbonyl (C=O) groups excluding carboxylic acids is 2. The molecule has 9 nitrogen and oxygen atoms in total. The highest BCUT2D eigenvalue weighted by Gasteiger charge is 2.28. The number of amides is 2. The van der Waals surface area contributed by atoms with E-state index in [2.05, 4.69) is 0 Å². The second kappa shape index (κ2) is 11.7. The first-order chi connectivity index (χ1) is 17.9. The van der Waals surface area contributed by atoms with E-state index in [9.17, 15) is 9.59 Å². The maximum absolute atomic E-state index is 13.4. The number of ether oxygens (including phenoxy) is 5. The van der Waals surface area contributed by atoms with Gasteiger partial charge in [-0.1, -0.05) is 0 Å². The molecule has 2 aliphatic heterocycles. The van der Waals surface area contributed by atoms with Crippen molar-refractivity contribution in [2.75, 3.05) is 67.5 Å². The van der Waals surface area contributed by atoms with Crippen LogP contribution in [0, 0.1) is 0 Å². The maximum Gasteiger partial charge on any atom is 0.254 e. The third-order valence-electron chi connectivity index (χ3n) is 6.52. The number of hydrogen-bond acceptors (Lipinski definition) is 8. The van der Waals surface area contributed by atoms with Crippen molar-refractivity contribution in [3.8, 4) is 28.7 Å². The Balaban J connectivity index is 1.47. The van der Waals surface area contributed by atoms with Gasteiger partial charge in [-0.3, -0.25) is 9.59 Å². The molecule has 37 heavy (non-hydrogen) atoms. The zero-order valence-corrected chi connectivity index (χ0v) is 22.6. The first-order valence-electron chi connectivity index (χ1n) is 11.9. The number of piperazine rings is 1. The molecule has 0 radical (unpaired) electrons. The second-order valence-corrected chi connectivity index (χ2v) is 9.65. The van der Waals surface area contributed by atoms with Crippen molar-refractivity contribution in [3.63, 3.8) is 0 Å². The molecule has 2 aromatic carbocycles. The van der Waals surface area contributed by atoms with Gasteiger partial charge in [0.05, 0.1) is 35.5 Å². The van der Waals surface area contributed by atoms with Crippen molar-refractivity contribution in [2.24, 2.45) is 0 Å². The van der Waals surface area contributed by atoms with E-state index in [-0.39, 0.29) is 11.8 Å². The predicted octanol–water partition coefficient (Wildman–Crippen LogP) is 3.59. The lowest BCUT2D eigenvalue weighted by atomic mass is 10.1. The normalized spacial score (nSPS) is 15.2. The summed E-state index contributed by atoms with van der Waals surface area (Å²) in [6.07, 6.45) is 2.61. The highest BCUT2D eigenvalue weighted by atomic mass is 32.2. The Labute approximate surface area is 221 Å². The van der Waals surface area contributed by atoms with E-state index in [0.717, 1.165) is 21.8 Å². The molecule has 0 saturated carbocycles. The Bertz CT molecular complexity index is 1180. The molecule has 10 heteroatoms. The molecule has 0 N–H and O–H groups in total. The SMILES string of the molecule is COc1cc2c(cc1OC)SCCC(C(=O)N1CCN(C(=O)c3cc(OC)c(OC)c(OC)c3)CC1)=C2. The van der Waals surface area contributed by atoms with E-state index < -0.39 is 0 Å². The molecule has 0 unspecified atom stereocenters. The van der Waals surface area contributed by atoms with Crippen LogP contribution in [0.15, 0.2) is 34.7 Å². The van der Waals surface area contributed by atoms with E-state index in [0.29, 0.717) is 66.9 Å². The number of methoxy groups -OCH3 is 5. The van der Waals surface area contributed by atoms with Gasteiger partial charge in [-0.05, 0) is 42.3 Å². The van der Waals surface area contributed by atoms with Crippen LogP contribution in [0.3, 0.4) is 0 Å². The van der Waals surface area contributed by atoms with Crippen LogP contribution in [0.25, 0.3) is 6.08 Å². The minimum absolute atomic E-state index is 0.00289. The minimum Gasteiger partial charge on any atom is -0.493 e. The molecule has 1 fully saturated rings. The van der Waals surface area contributed by atoms with Gasteiger partial charge in [0.15, 0.2) is 23.0 Å². The summed E-state index contributed by atoms with van der Waals surface area (Å²) in [7, 11) is 7.76. The molecule has 2 heterocycles. The summed E-state index contributed by atoms with van der Waals surface area (Å²) in [5.74, 6) is 3.23. The Hall–Kier alpha value is -3.53. The molecule has 2 aromatic rings. The molecular weight excluding hydrogens is 496 g/mol. The third-order valence-corrected chi connectivity index (χ3v) is 7.59. The van der Waals surface area contributed by atoms with Crippen molar-refractivity contribution in [2.45, 2.75) is 11.3 Å². The summed E-state index contributed by atoms with van der Waals surface area (Å²) in [5, 5.41) is 0. The van der Waals surface area contributed by atoms with E-state index in [1.807, 2.05) is 23.1 Å². The number of thioether (sulfide) groups is 1. The molecule has 0 aliphatic carbocycles. The fourth-order valence-corrected chi connectivity index (χ4v) is 5.53. The molecule has 2 amide bonds. The zero-order chi connectivity index (χ0) is 26.5. The molecule has 0 atom stereocenters. The van der Waals surface area contributed by atoms with Crippen molar-refractivity contribution in [1.29, 1.82) is 0 Å². The summed E-state index contributed by atoms with van der Waals surface area (Å²) in [6.45, 7) is 1.78. The lowest BCUT2D eigenvalue weighted by Crippen LogP contribution is -2.51. The zero-order valence-electron chi connectivity index (χ0n) is 21.8. The summed E-state index contributed by atoms with van der Waals surface area (Å²) < 4.78 is 27.0. The molecule has 2 aliphatic rings. The van der Waals surface area contributed by atoms with Crippen LogP contribution in [0.2, 0.25) is 0 Å². The Morgan fingerprint density at radius 2 is 1.24 bits per heavy atom. The molecule has 0 bridgehead atoms. The fourth-order valence-electron chi connectivity index (χ4n) is 4.52. The Kier molecular flexibility index (Phi) is 8.38. The van der Waals surface area contributed by atoms with Crippen LogP contribution in [0.1, 0.15) is 22.3 Å². The Morgan fingerprint density at radius 1 is 0.703 bits per heavy atom. The van der Waals surface area contributed by atoms with Gasteiger partial charge in [0, 0.05) is 48.0 Å². The number of benzene rings is 2. The largest absolute Gasteiger partial charge is 0.493 e. The van der Waals surface area contributed by atoms with E-state index in [4.69, 9.17) is 23.7 Å². The number of fused-ring (bicyclic) bond motifs is 1. The Morgan fingerprint density at radius 3 is 1.78 bits per heavy atom. The van der Waals surface area contributed by atoms with E-state index in [1.165, 1.54) is 21.3 Å². The van der Waals surface area contributed by atoms with Gasteiger partial charge in [-0.15, -0.1) is 11.8 Å². The standard InChI is InChI=1S/C27H32N2O7S/c1-32-20-13-18-12-17(6-11-37-24(18)16-21(20)33-2)26(30)28-7-9-29(10-8-28)27(31)19-14-22(34-3)25(36-5)23(15-19)35-4/h12-16H,6-11H2,1-5H3. The van der Waals surface area contributed by atoms with Gasteiger partial charge < -0.3 is 33.5 Å². The van der Waals surface area contributed by atoms with E-state index >= 15 is 0 Å². The van der Waals surface area contributed by atoms with Gasteiger partial charge in [0.1, 0.15) is 0 Å². The molecular formula is C27H32N2O7S. The monoisotopic (exact) mass is 528 g/mol. The summed E-state index contributed by atoms with van der Waals surface area (Å²) in [4.78, 5) is 31.3. The van der Waals surface area contributed by atoms with Crippen LogP contribution in [-0.4, -0.2) is 89.1 Å². The van der Waals surface area contributed by atoms with Gasteiger partial charge in [-0.25, -0.2) is 0 Å². The van der Waals surface area contributed by atoms with Crippen LogP contribution >= 0.6 is 11.8 Å². The molecule has 198 valence electrons. The number of nitrogens with zero attached hydrogens (tertiary/aromatic N) is 2. The van der Waals surface area contributed by atoms with Gasteiger partial charge in [0.25, 0.3) is 5.91 Å². The van der Waals surface area contributed by atoms with Crippen molar-refractivity contribution < 1.29 is 33.3 Å². The van der Waals surface area contributed by atoms with Crippen LogP contribution in [0.4, 0.5) is 0 Å². The number of hydrogen-bond donors (Lipinski definition) is 0. The lowest BCUT2D eigenvalue weighted by Gasteiger charge is -2.35. The average molecular weight is 529 g/mol. The number of rotatable bonds is 7. The first-order valence-corrected chi connectivity index (χ1v) is 12.9. The molecule has 1 saturated heterocycles. The first kappa shape index (κ1) is 26.5. The summed E-state index contributed by atoms with van der Waals surface area (Å²) in [6, 6.07) is 7.16. The van der Waals surface area contributed by atoms with Crippen LogP contribution in [0.5, 0.6) is 28.7 Å². The highest BCUT2D eigenvalue weighted by Crippen LogP contribution is 2.40. The summed E-state index contributed by atoms with van der Waals surface area (Å²) in [5.41, 5.74) is 2.14. The topological polar surface area (TPSA) is 86.8 Å². The van der Waals surface area contributed by atoms with Gasteiger partial charge in [0.2, 0.25) is 11.7 Å².